The second-order valence-electron chi connectivity index (χ2n) is 8.28. The molecule has 0 radical (unpaired) electrons. The summed E-state index contributed by atoms with van der Waals surface area (Å²) in [6.45, 7) is -3.53. The van der Waals surface area contributed by atoms with E-state index in [2.05, 4.69) is 6.92 Å². The fraction of sp³-hybridized carbons (Fsp3) is 1.00. The summed E-state index contributed by atoms with van der Waals surface area (Å²) >= 11 is 0. The Kier molecular flexibility index (Phi) is 2.47. The Morgan fingerprint density at radius 2 is 1.95 bits per heavy atom. The number of fused-ring (bicyclic) bond motifs is 1. The molecule has 3 rings (SSSR count). The average molecular weight is 301 g/mol. The first-order valence-corrected chi connectivity index (χ1v) is 8.67. The third kappa shape index (κ3) is 2.91. The maximum Gasteiger partial charge on any atom is 0.0591 e. The maximum atomic E-state index is 10.5. The molecule has 2 heteroatoms. The highest BCUT2D eigenvalue weighted by atomic mass is 16.3. The molecule has 0 amide bonds. The van der Waals surface area contributed by atoms with E-state index in [1.807, 2.05) is 0 Å². The normalized spacial score (nSPS) is 47.3. The van der Waals surface area contributed by atoms with Crippen LogP contribution >= 0.6 is 0 Å². The lowest BCUT2D eigenvalue weighted by atomic mass is 9.60. The molecule has 4 atom stereocenters. The van der Waals surface area contributed by atoms with Crippen LogP contribution in [-0.2, 0) is 0 Å². The average Bonchev–Trinajstić information content (AvgIpc) is 3.19. The van der Waals surface area contributed by atoms with Gasteiger partial charge in [-0.3, -0.25) is 0 Å². The van der Waals surface area contributed by atoms with Crippen LogP contribution in [0.4, 0.5) is 0 Å². The Morgan fingerprint density at radius 1 is 1.19 bits per heavy atom. The van der Waals surface area contributed by atoms with E-state index >= 15 is 0 Å². The molecule has 0 spiro atoms. The molecule has 3 aliphatic carbocycles. The Hall–Kier alpha value is -0.0800. The lowest BCUT2D eigenvalue weighted by molar-refractivity contribution is -0.0342. The van der Waals surface area contributed by atoms with Crippen LogP contribution in [-0.4, -0.2) is 21.9 Å². The van der Waals surface area contributed by atoms with Crippen LogP contribution in [0.5, 0.6) is 0 Å². The van der Waals surface area contributed by atoms with Crippen molar-refractivity contribution >= 4 is 0 Å². The van der Waals surface area contributed by atoms with E-state index < -0.39 is 19.3 Å². The van der Waals surface area contributed by atoms with E-state index in [0.717, 1.165) is 51.4 Å². The minimum atomic E-state index is -2.92. The smallest absolute Gasteiger partial charge is 0.0591 e. The molecular weight excluding hydrogens is 260 g/mol. The number of hydrogen-bond acceptors (Lipinski definition) is 2. The predicted molar refractivity (Wildman–Crippen MR) is 86.0 cm³/mol. The molecule has 2 unspecified atom stereocenters. The molecule has 0 aromatic carbocycles. The number of aliphatic hydroxyl groups excluding tert-OH is 1. The highest BCUT2D eigenvalue weighted by molar-refractivity contribution is 5.10. The van der Waals surface area contributed by atoms with Crippen molar-refractivity contribution in [2.45, 2.75) is 96.5 Å². The van der Waals surface area contributed by atoms with Crippen LogP contribution in [0.3, 0.4) is 0 Å². The highest BCUT2D eigenvalue weighted by Gasteiger charge is 2.61. The fourth-order valence-electron chi connectivity index (χ4n) is 5.78. The SMILES string of the molecule is [2H]C([2H])([2H])C(O)(CCCC1(C2CCC3[C@@H](O)CCC[C@@]32C)CC1)C([2H])([2H])[2H]. The van der Waals surface area contributed by atoms with Gasteiger partial charge in [0.15, 0.2) is 0 Å². The minimum absolute atomic E-state index is 0.137. The molecule has 122 valence electrons. The van der Waals surface area contributed by atoms with Gasteiger partial charge in [-0.2, -0.15) is 0 Å². The summed E-state index contributed by atoms with van der Waals surface area (Å²) in [6, 6.07) is 0. The summed E-state index contributed by atoms with van der Waals surface area (Å²) in [5.74, 6) is 0.869. The molecule has 3 saturated carbocycles. The second kappa shape index (κ2) is 5.23. The lowest BCUT2D eigenvalue weighted by Crippen LogP contribution is -2.42. The molecule has 0 bridgehead atoms. The molecule has 2 nitrogen and oxygen atoms in total. The topological polar surface area (TPSA) is 40.5 Å². The first-order chi connectivity index (χ1) is 12.3. The van der Waals surface area contributed by atoms with Gasteiger partial charge in [0, 0.05) is 8.22 Å². The standard InChI is InChI=1S/C19H34O2/c1-17(2,21)9-5-11-19(12-13-19)16-8-7-14-15(20)6-4-10-18(14,16)3/h14-16,20-21H,4-13H2,1-3H3/t14?,15-,16?,18-/m0/s1/i1D3,2D3. The van der Waals surface area contributed by atoms with E-state index in [-0.39, 0.29) is 23.4 Å². The summed E-state index contributed by atoms with van der Waals surface area (Å²) < 4.78 is 45.2. The highest BCUT2D eigenvalue weighted by Crippen LogP contribution is 2.69. The van der Waals surface area contributed by atoms with Gasteiger partial charge in [-0.25, -0.2) is 0 Å². The Morgan fingerprint density at radius 3 is 2.62 bits per heavy atom. The fourth-order valence-corrected chi connectivity index (χ4v) is 5.78. The van der Waals surface area contributed by atoms with Gasteiger partial charge in [-0.1, -0.05) is 19.8 Å². The van der Waals surface area contributed by atoms with Crippen LogP contribution in [0.1, 0.15) is 93.1 Å². The van der Waals surface area contributed by atoms with Crippen molar-refractivity contribution in [2.75, 3.05) is 0 Å². The second-order valence-corrected chi connectivity index (χ2v) is 8.28. The van der Waals surface area contributed by atoms with Gasteiger partial charge < -0.3 is 10.2 Å². The van der Waals surface area contributed by atoms with Crippen LogP contribution in [0.2, 0.25) is 0 Å². The minimum Gasteiger partial charge on any atom is -0.393 e. The molecule has 21 heavy (non-hydrogen) atoms. The van der Waals surface area contributed by atoms with Gasteiger partial charge in [0.05, 0.1) is 11.7 Å². The zero-order valence-corrected chi connectivity index (χ0v) is 13.2. The van der Waals surface area contributed by atoms with Crippen LogP contribution in [0, 0.1) is 22.7 Å². The van der Waals surface area contributed by atoms with Crippen LogP contribution < -0.4 is 0 Å². The summed E-state index contributed by atoms with van der Waals surface area (Å²) in [4.78, 5) is 0. The molecule has 3 aliphatic rings. The molecule has 2 N–H and O–H groups in total. The zero-order valence-electron chi connectivity index (χ0n) is 19.2. The van der Waals surface area contributed by atoms with Crippen LogP contribution in [0.15, 0.2) is 0 Å². The molecule has 0 aliphatic heterocycles. The molecule has 0 aromatic heterocycles. The Balaban J connectivity index is 1.68. The van der Waals surface area contributed by atoms with Gasteiger partial charge in [0.1, 0.15) is 0 Å². The van der Waals surface area contributed by atoms with Crippen molar-refractivity contribution in [3.63, 3.8) is 0 Å². The quantitative estimate of drug-likeness (QED) is 0.795. The third-order valence-corrected chi connectivity index (χ3v) is 6.93. The Labute approximate surface area is 138 Å². The van der Waals surface area contributed by atoms with Crippen molar-refractivity contribution in [3.8, 4) is 0 Å². The largest absolute Gasteiger partial charge is 0.393 e. The van der Waals surface area contributed by atoms with Gasteiger partial charge >= 0.3 is 0 Å². The summed E-state index contributed by atoms with van der Waals surface area (Å²) in [7, 11) is 0. The monoisotopic (exact) mass is 300 g/mol. The van der Waals surface area contributed by atoms with E-state index in [4.69, 9.17) is 8.22 Å². The lowest BCUT2D eigenvalue weighted by Gasteiger charge is -2.46. The van der Waals surface area contributed by atoms with E-state index in [0.29, 0.717) is 18.3 Å². The summed E-state index contributed by atoms with van der Waals surface area (Å²) in [5, 5.41) is 20.9. The number of rotatable bonds is 5. The molecule has 0 heterocycles. The molecule has 0 saturated heterocycles. The van der Waals surface area contributed by atoms with Gasteiger partial charge in [-0.05, 0) is 87.7 Å². The Bertz CT molecular complexity index is 539. The van der Waals surface area contributed by atoms with Gasteiger partial charge in [0.25, 0.3) is 0 Å². The molecule has 3 fully saturated rings. The van der Waals surface area contributed by atoms with Crippen LogP contribution in [0.25, 0.3) is 0 Å². The maximum absolute atomic E-state index is 10.5. The van der Waals surface area contributed by atoms with Gasteiger partial charge in [0.2, 0.25) is 0 Å². The van der Waals surface area contributed by atoms with Crippen molar-refractivity contribution < 1.29 is 18.4 Å². The van der Waals surface area contributed by atoms with E-state index in [9.17, 15) is 10.2 Å². The number of hydrogen-bond donors (Lipinski definition) is 2. The van der Waals surface area contributed by atoms with Crippen molar-refractivity contribution in [1.82, 2.24) is 0 Å². The predicted octanol–water partition coefficient (Wildman–Crippen LogP) is 4.29. The van der Waals surface area contributed by atoms with Gasteiger partial charge in [-0.15, -0.1) is 0 Å². The van der Waals surface area contributed by atoms with Crippen molar-refractivity contribution in [2.24, 2.45) is 22.7 Å². The van der Waals surface area contributed by atoms with Crippen molar-refractivity contribution in [3.05, 3.63) is 0 Å². The summed E-state index contributed by atoms with van der Waals surface area (Å²) in [5.41, 5.74) is -2.36. The molecular formula is C19H34O2. The third-order valence-electron chi connectivity index (χ3n) is 6.93. The van der Waals surface area contributed by atoms with E-state index in [1.165, 1.54) is 0 Å². The zero-order chi connectivity index (χ0) is 20.3. The molecule has 0 aromatic rings. The first kappa shape index (κ1) is 9.93. The summed E-state index contributed by atoms with van der Waals surface area (Å²) in [6.07, 6.45) is 8.17. The number of aliphatic hydroxyl groups is 2. The van der Waals surface area contributed by atoms with Crippen molar-refractivity contribution in [1.29, 1.82) is 0 Å². The van der Waals surface area contributed by atoms with E-state index in [1.54, 1.807) is 0 Å². The first-order valence-electron chi connectivity index (χ1n) is 11.7.